The fourth-order valence-electron chi connectivity index (χ4n) is 8.25. The van der Waals surface area contributed by atoms with Crippen LogP contribution in [0.5, 0.6) is 0 Å². The van der Waals surface area contributed by atoms with Crippen LogP contribution in [-0.4, -0.2) is 89.0 Å². The number of rotatable bonds is 45. The summed E-state index contributed by atoms with van der Waals surface area (Å²) in [6.45, 7) is 3.44. The van der Waals surface area contributed by atoms with Gasteiger partial charge in [0.15, 0.2) is 12.4 Å². The minimum absolute atomic E-state index is 0.226. The number of aliphatic hydroxyl groups is 4. The lowest BCUT2D eigenvalue weighted by molar-refractivity contribution is -0.305. The average Bonchev–Trinajstić information content (AvgIpc) is 3.27. The molecular formula is C52H98O10. The van der Waals surface area contributed by atoms with Gasteiger partial charge in [-0.25, -0.2) is 0 Å². The predicted molar refractivity (Wildman–Crippen MR) is 252 cm³/mol. The van der Waals surface area contributed by atoms with Crippen LogP contribution in [0.2, 0.25) is 0 Å². The summed E-state index contributed by atoms with van der Waals surface area (Å²) in [5, 5.41) is 40.2. The van der Waals surface area contributed by atoms with Gasteiger partial charge in [0, 0.05) is 12.8 Å². The molecule has 1 fully saturated rings. The van der Waals surface area contributed by atoms with Crippen LogP contribution < -0.4 is 0 Å². The van der Waals surface area contributed by atoms with Crippen LogP contribution in [0.3, 0.4) is 0 Å². The van der Waals surface area contributed by atoms with Crippen molar-refractivity contribution in [2.75, 3.05) is 19.8 Å². The largest absolute Gasteiger partial charge is 0.462 e. The Hall–Kier alpha value is -1.56. The number of hydrogen-bond donors (Lipinski definition) is 4. The molecule has 0 amide bonds. The fraction of sp³-hybridized carbons (Fsp3) is 0.923. The molecule has 10 nitrogen and oxygen atoms in total. The minimum Gasteiger partial charge on any atom is -0.462 e. The molecule has 0 aliphatic carbocycles. The zero-order valence-electron chi connectivity index (χ0n) is 40.1. The van der Waals surface area contributed by atoms with E-state index in [0.29, 0.717) is 12.8 Å². The summed E-state index contributed by atoms with van der Waals surface area (Å²) in [6.07, 6.45) is 40.9. The third kappa shape index (κ3) is 33.9. The molecule has 0 aromatic heterocycles. The van der Waals surface area contributed by atoms with Crippen LogP contribution in [-0.2, 0) is 28.5 Å². The second kappa shape index (κ2) is 43.3. The molecule has 1 rings (SSSR count). The van der Waals surface area contributed by atoms with Gasteiger partial charge >= 0.3 is 11.9 Å². The van der Waals surface area contributed by atoms with Crippen molar-refractivity contribution in [2.24, 2.45) is 0 Å². The first-order valence-electron chi connectivity index (χ1n) is 26.3. The average molecular weight is 883 g/mol. The van der Waals surface area contributed by atoms with E-state index < -0.39 is 55.4 Å². The van der Waals surface area contributed by atoms with Crippen molar-refractivity contribution in [2.45, 2.75) is 288 Å². The quantitative estimate of drug-likeness (QED) is 0.0264. The maximum atomic E-state index is 12.8. The van der Waals surface area contributed by atoms with E-state index in [1.54, 1.807) is 0 Å². The molecule has 0 saturated carbocycles. The first-order chi connectivity index (χ1) is 30.3. The second-order valence-electron chi connectivity index (χ2n) is 18.3. The van der Waals surface area contributed by atoms with Crippen molar-refractivity contribution < 1.29 is 49.0 Å². The number of aliphatic hydroxyl groups excluding tert-OH is 4. The lowest BCUT2D eigenvalue weighted by Gasteiger charge is -2.39. The number of esters is 2. The van der Waals surface area contributed by atoms with E-state index in [2.05, 4.69) is 26.0 Å². The summed E-state index contributed by atoms with van der Waals surface area (Å²) in [5.74, 6) is -0.829. The Morgan fingerprint density at radius 2 is 0.871 bits per heavy atom. The summed E-state index contributed by atoms with van der Waals surface area (Å²) in [6, 6.07) is 0. The van der Waals surface area contributed by atoms with E-state index in [-0.39, 0.29) is 26.1 Å². The standard InChI is InChI=1S/C52H98O10/c1-3-5-7-9-11-13-15-17-19-20-21-22-23-24-25-26-27-29-30-32-34-36-38-40-47(54)59-43-45(44-60-52-51(58)50(57)49(56)46(42-53)62-52)61-48(55)41-39-37-35-33-31-28-18-16-14-12-10-8-6-4-2/h32,34,45-46,49-53,56-58H,3-31,33,35-44H2,1-2H3/b34-32+/t45-,46-,49+,50?,51?,52-/m0/s1. The maximum absolute atomic E-state index is 12.8. The van der Waals surface area contributed by atoms with E-state index in [1.165, 1.54) is 180 Å². The first kappa shape index (κ1) is 58.5. The highest BCUT2D eigenvalue weighted by Crippen LogP contribution is 2.23. The smallest absolute Gasteiger partial charge is 0.306 e. The molecule has 1 heterocycles. The van der Waals surface area contributed by atoms with E-state index in [1.807, 2.05) is 0 Å². The van der Waals surface area contributed by atoms with Gasteiger partial charge in [0.2, 0.25) is 0 Å². The molecular weight excluding hydrogens is 785 g/mol. The number of unbranched alkanes of at least 4 members (excludes halogenated alkanes) is 32. The molecule has 366 valence electrons. The highest BCUT2D eigenvalue weighted by molar-refractivity contribution is 5.70. The third-order valence-corrected chi connectivity index (χ3v) is 12.4. The van der Waals surface area contributed by atoms with Gasteiger partial charge in [0.05, 0.1) is 13.2 Å². The van der Waals surface area contributed by atoms with Crippen LogP contribution in [0.25, 0.3) is 0 Å². The third-order valence-electron chi connectivity index (χ3n) is 12.4. The van der Waals surface area contributed by atoms with Crippen LogP contribution in [0.1, 0.15) is 251 Å². The van der Waals surface area contributed by atoms with Crippen LogP contribution in [0.15, 0.2) is 12.2 Å². The van der Waals surface area contributed by atoms with E-state index in [9.17, 15) is 30.0 Å². The molecule has 10 heteroatoms. The highest BCUT2D eigenvalue weighted by Gasteiger charge is 2.44. The Morgan fingerprint density at radius 3 is 1.31 bits per heavy atom. The summed E-state index contributed by atoms with van der Waals surface area (Å²) < 4.78 is 22.2. The molecule has 6 atom stereocenters. The van der Waals surface area contributed by atoms with Crippen LogP contribution >= 0.6 is 0 Å². The van der Waals surface area contributed by atoms with Gasteiger partial charge in [0.25, 0.3) is 0 Å². The van der Waals surface area contributed by atoms with Gasteiger partial charge in [-0.3, -0.25) is 9.59 Å². The van der Waals surface area contributed by atoms with Gasteiger partial charge in [-0.1, -0.05) is 219 Å². The van der Waals surface area contributed by atoms with E-state index >= 15 is 0 Å². The molecule has 0 aromatic carbocycles. The Morgan fingerprint density at radius 1 is 0.484 bits per heavy atom. The van der Waals surface area contributed by atoms with Gasteiger partial charge in [-0.2, -0.15) is 0 Å². The Labute approximate surface area is 380 Å². The highest BCUT2D eigenvalue weighted by atomic mass is 16.7. The zero-order chi connectivity index (χ0) is 45.1. The summed E-state index contributed by atoms with van der Waals surface area (Å²) >= 11 is 0. The first-order valence-corrected chi connectivity index (χ1v) is 26.3. The molecule has 0 aromatic rings. The lowest BCUT2D eigenvalue weighted by atomic mass is 9.99. The molecule has 0 spiro atoms. The van der Waals surface area contributed by atoms with Crippen molar-refractivity contribution in [1.29, 1.82) is 0 Å². The number of carbonyl (C=O) groups excluding carboxylic acids is 2. The van der Waals surface area contributed by atoms with Crippen LogP contribution in [0, 0.1) is 0 Å². The molecule has 0 radical (unpaired) electrons. The van der Waals surface area contributed by atoms with Gasteiger partial charge < -0.3 is 39.4 Å². The maximum Gasteiger partial charge on any atom is 0.306 e. The topological polar surface area (TPSA) is 152 Å². The summed E-state index contributed by atoms with van der Waals surface area (Å²) in [7, 11) is 0. The van der Waals surface area contributed by atoms with Gasteiger partial charge in [-0.15, -0.1) is 0 Å². The van der Waals surface area contributed by atoms with Gasteiger partial charge in [0.1, 0.15) is 31.0 Å². The summed E-state index contributed by atoms with van der Waals surface area (Å²) in [4.78, 5) is 25.4. The van der Waals surface area contributed by atoms with Crippen molar-refractivity contribution in [1.82, 2.24) is 0 Å². The zero-order valence-corrected chi connectivity index (χ0v) is 40.1. The molecule has 62 heavy (non-hydrogen) atoms. The van der Waals surface area contributed by atoms with Crippen molar-refractivity contribution in [3.05, 3.63) is 12.2 Å². The van der Waals surface area contributed by atoms with E-state index in [4.69, 9.17) is 18.9 Å². The Kier molecular flexibility index (Phi) is 40.9. The van der Waals surface area contributed by atoms with Crippen molar-refractivity contribution in [3.8, 4) is 0 Å². The summed E-state index contributed by atoms with van der Waals surface area (Å²) in [5.41, 5.74) is 0. The lowest BCUT2D eigenvalue weighted by Crippen LogP contribution is -2.59. The number of carbonyl (C=O) groups is 2. The number of ether oxygens (including phenoxy) is 4. The molecule has 1 aliphatic heterocycles. The second-order valence-corrected chi connectivity index (χ2v) is 18.3. The monoisotopic (exact) mass is 883 g/mol. The van der Waals surface area contributed by atoms with Crippen LogP contribution in [0.4, 0.5) is 0 Å². The number of allylic oxidation sites excluding steroid dienone is 2. The fourth-order valence-corrected chi connectivity index (χ4v) is 8.25. The Bertz CT molecular complexity index is 1020. The Balaban J connectivity index is 2.22. The SMILES string of the molecule is CCCCCCCCCCCCCCCCCCCC/C=C/CCCC(=O)OC[C@@H](CO[C@H]1O[C@@H](CO)[C@@H](O)C(O)C1O)OC(=O)CCCCCCCCCCCCCCCC. The van der Waals surface area contributed by atoms with Gasteiger partial charge in [-0.05, 0) is 32.1 Å². The van der Waals surface area contributed by atoms with Crippen molar-refractivity contribution in [3.63, 3.8) is 0 Å². The normalized spacial score (nSPS) is 19.6. The molecule has 4 N–H and O–H groups in total. The predicted octanol–water partition coefficient (Wildman–Crippen LogP) is 12.3. The number of hydrogen-bond acceptors (Lipinski definition) is 10. The van der Waals surface area contributed by atoms with Crippen molar-refractivity contribution >= 4 is 11.9 Å². The molecule has 1 aliphatic rings. The van der Waals surface area contributed by atoms with E-state index in [0.717, 1.165) is 32.1 Å². The molecule has 1 saturated heterocycles. The minimum atomic E-state index is -1.59. The molecule has 2 unspecified atom stereocenters. The molecule has 0 bridgehead atoms.